The summed E-state index contributed by atoms with van der Waals surface area (Å²) in [6.45, 7) is 5.36. The van der Waals surface area contributed by atoms with Gasteiger partial charge in [-0.25, -0.2) is 4.79 Å². The molecule has 1 heterocycles. The van der Waals surface area contributed by atoms with Gasteiger partial charge in [0.2, 0.25) is 0 Å². The Balaban J connectivity index is 3.05. The van der Waals surface area contributed by atoms with Crippen LogP contribution in [-0.2, 0) is 9.53 Å². The van der Waals surface area contributed by atoms with Crippen molar-refractivity contribution >= 4 is 17.6 Å². The average molecular weight is 258 g/mol. The highest BCUT2D eigenvalue weighted by Gasteiger charge is 2.21. The van der Waals surface area contributed by atoms with E-state index in [0.717, 1.165) is 0 Å². The first-order valence-electron chi connectivity index (χ1n) is 5.54. The number of hydrogen-bond acceptors (Lipinski definition) is 3. The van der Waals surface area contributed by atoms with Gasteiger partial charge in [0.1, 0.15) is 6.04 Å². The molecule has 0 aliphatic rings. The van der Waals surface area contributed by atoms with Gasteiger partial charge in [-0.3, -0.25) is 9.36 Å². The molecular weight excluding hydrogens is 242 g/mol. The van der Waals surface area contributed by atoms with Crippen LogP contribution >= 0.6 is 11.6 Å². The Morgan fingerprint density at radius 2 is 2.12 bits per heavy atom. The Hall–Kier alpha value is -1.29. The first-order chi connectivity index (χ1) is 7.95. The number of nitrogens with zero attached hydrogens (tertiary/aromatic N) is 1. The Kier molecular flexibility index (Phi) is 4.75. The molecule has 94 valence electrons. The third kappa shape index (κ3) is 3.60. The van der Waals surface area contributed by atoms with Crippen LogP contribution in [0.25, 0.3) is 0 Å². The number of carbonyl (C=O) groups excluding carboxylic acids is 1. The van der Waals surface area contributed by atoms with Crippen molar-refractivity contribution in [3.63, 3.8) is 0 Å². The predicted molar refractivity (Wildman–Crippen MR) is 66.3 cm³/mol. The molecule has 1 aromatic rings. The lowest BCUT2D eigenvalue weighted by atomic mass is 10.2. The maximum absolute atomic E-state index is 11.8. The van der Waals surface area contributed by atoms with Gasteiger partial charge in [0.15, 0.2) is 0 Å². The SMILES string of the molecule is CCC(C(=O)OC(C)C)n1cc(Cl)ccc1=O. The highest BCUT2D eigenvalue weighted by atomic mass is 35.5. The zero-order valence-corrected chi connectivity index (χ0v) is 10.9. The zero-order valence-electron chi connectivity index (χ0n) is 10.1. The smallest absolute Gasteiger partial charge is 0.329 e. The second kappa shape index (κ2) is 5.87. The van der Waals surface area contributed by atoms with Crippen molar-refractivity contribution in [2.24, 2.45) is 0 Å². The summed E-state index contributed by atoms with van der Waals surface area (Å²) in [5.74, 6) is -0.410. The van der Waals surface area contributed by atoms with Gasteiger partial charge in [-0.05, 0) is 26.3 Å². The maximum atomic E-state index is 11.8. The minimum atomic E-state index is -0.622. The molecule has 0 radical (unpaired) electrons. The third-order valence-electron chi connectivity index (χ3n) is 2.25. The van der Waals surface area contributed by atoms with E-state index in [1.165, 1.54) is 22.9 Å². The van der Waals surface area contributed by atoms with Crippen LogP contribution in [0.4, 0.5) is 0 Å². The molecule has 0 amide bonds. The van der Waals surface area contributed by atoms with Gasteiger partial charge in [-0.1, -0.05) is 18.5 Å². The van der Waals surface area contributed by atoms with Crippen LogP contribution in [0.15, 0.2) is 23.1 Å². The molecule has 0 aromatic carbocycles. The average Bonchev–Trinajstić information content (AvgIpc) is 2.23. The molecule has 0 aliphatic carbocycles. The molecule has 1 aromatic heterocycles. The molecule has 0 spiro atoms. The quantitative estimate of drug-likeness (QED) is 0.779. The van der Waals surface area contributed by atoms with Crippen LogP contribution in [-0.4, -0.2) is 16.6 Å². The van der Waals surface area contributed by atoms with Crippen molar-refractivity contribution in [2.75, 3.05) is 0 Å². The predicted octanol–water partition coefficient (Wildman–Crippen LogP) is 2.40. The van der Waals surface area contributed by atoms with Crippen LogP contribution in [0.3, 0.4) is 0 Å². The van der Waals surface area contributed by atoms with Crippen LogP contribution in [0, 0.1) is 0 Å². The summed E-state index contributed by atoms with van der Waals surface area (Å²) in [5.41, 5.74) is -0.262. The van der Waals surface area contributed by atoms with E-state index >= 15 is 0 Å². The highest BCUT2D eigenvalue weighted by Crippen LogP contribution is 2.14. The summed E-state index contributed by atoms with van der Waals surface area (Å²) < 4.78 is 6.42. The van der Waals surface area contributed by atoms with Gasteiger partial charge in [0, 0.05) is 12.3 Å². The van der Waals surface area contributed by atoms with Gasteiger partial charge in [-0.15, -0.1) is 0 Å². The van der Waals surface area contributed by atoms with Crippen molar-refractivity contribution in [1.29, 1.82) is 0 Å². The van der Waals surface area contributed by atoms with E-state index in [2.05, 4.69) is 0 Å². The van der Waals surface area contributed by atoms with Gasteiger partial charge < -0.3 is 4.74 Å². The summed E-state index contributed by atoms with van der Waals surface area (Å²) in [4.78, 5) is 23.5. The number of halogens is 1. The van der Waals surface area contributed by atoms with Gasteiger partial charge in [0.05, 0.1) is 11.1 Å². The molecule has 1 atom stereocenters. The van der Waals surface area contributed by atoms with Crippen LogP contribution in [0.2, 0.25) is 5.02 Å². The fraction of sp³-hybridized carbons (Fsp3) is 0.500. The van der Waals surface area contributed by atoms with Gasteiger partial charge >= 0.3 is 5.97 Å². The molecule has 4 nitrogen and oxygen atoms in total. The summed E-state index contributed by atoms with van der Waals surface area (Å²) in [5, 5.41) is 0.417. The van der Waals surface area contributed by atoms with Crippen molar-refractivity contribution < 1.29 is 9.53 Å². The monoisotopic (exact) mass is 257 g/mol. The Morgan fingerprint density at radius 3 is 2.65 bits per heavy atom. The lowest BCUT2D eigenvalue weighted by molar-refractivity contribution is -0.151. The van der Waals surface area contributed by atoms with E-state index in [-0.39, 0.29) is 11.7 Å². The van der Waals surface area contributed by atoms with Crippen molar-refractivity contribution in [3.05, 3.63) is 33.7 Å². The number of carbonyl (C=O) groups is 1. The van der Waals surface area contributed by atoms with Crippen molar-refractivity contribution in [1.82, 2.24) is 4.57 Å². The molecular formula is C12H16ClNO3. The van der Waals surface area contributed by atoms with Gasteiger partial charge in [-0.2, -0.15) is 0 Å². The van der Waals surface area contributed by atoms with E-state index in [1.807, 2.05) is 6.92 Å². The first kappa shape index (κ1) is 13.8. The third-order valence-corrected chi connectivity index (χ3v) is 2.47. The van der Waals surface area contributed by atoms with Crippen LogP contribution in [0.1, 0.15) is 33.2 Å². The summed E-state index contributed by atoms with van der Waals surface area (Å²) in [6.07, 6.45) is 1.73. The Labute approximate surface area is 105 Å². The first-order valence-corrected chi connectivity index (χ1v) is 5.91. The number of ether oxygens (including phenoxy) is 1. The van der Waals surface area contributed by atoms with Gasteiger partial charge in [0.25, 0.3) is 5.56 Å². The minimum Gasteiger partial charge on any atom is -0.461 e. The summed E-state index contributed by atoms with van der Waals surface area (Å²) in [7, 11) is 0. The minimum absolute atomic E-state index is 0.202. The number of aromatic nitrogens is 1. The number of rotatable bonds is 4. The fourth-order valence-electron chi connectivity index (χ4n) is 1.51. The molecule has 0 N–H and O–H groups in total. The van der Waals surface area contributed by atoms with Crippen molar-refractivity contribution in [2.45, 2.75) is 39.3 Å². The van der Waals surface area contributed by atoms with E-state index in [0.29, 0.717) is 11.4 Å². The number of esters is 1. The van der Waals surface area contributed by atoms with Crippen LogP contribution < -0.4 is 5.56 Å². The molecule has 1 unspecified atom stereocenters. The van der Waals surface area contributed by atoms with Crippen molar-refractivity contribution in [3.8, 4) is 0 Å². The lowest BCUT2D eigenvalue weighted by Crippen LogP contribution is -2.31. The highest BCUT2D eigenvalue weighted by molar-refractivity contribution is 6.30. The molecule has 5 heteroatoms. The number of hydrogen-bond donors (Lipinski definition) is 0. The molecule has 0 saturated heterocycles. The Bertz CT molecular complexity index is 453. The van der Waals surface area contributed by atoms with E-state index < -0.39 is 12.0 Å². The van der Waals surface area contributed by atoms with E-state index in [9.17, 15) is 9.59 Å². The molecule has 17 heavy (non-hydrogen) atoms. The largest absolute Gasteiger partial charge is 0.461 e. The van der Waals surface area contributed by atoms with E-state index in [4.69, 9.17) is 16.3 Å². The molecule has 1 rings (SSSR count). The second-order valence-electron chi connectivity index (χ2n) is 4.00. The maximum Gasteiger partial charge on any atom is 0.329 e. The molecule has 0 bridgehead atoms. The second-order valence-corrected chi connectivity index (χ2v) is 4.44. The topological polar surface area (TPSA) is 48.3 Å². The Morgan fingerprint density at radius 1 is 1.47 bits per heavy atom. The summed E-state index contributed by atoms with van der Waals surface area (Å²) >= 11 is 5.82. The normalized spacial score (nSPS) is 12.5. The lowest BCUT2D eigenvalue weighted by Gasteiger charge is -2.18. The van der Waals surface area contributed by atoms with E-state index in [1.54, 1.807) is 13.8 Å². The molecule has 0 fully saturated rings. The fourth-order valence-corrected chi connectivity index (χ4v) is 1.68. The molecule has 0 aliphatic heterocycles. The van der Waals surface area contributed by atoms with Crippen LogP contribution in [0.5, 0.6) is 0 Å². The zero-order chi connectivity index (χ0) is 13.0. The standard InChI is InChI=1S/C12H16ClNO3/c1-4-10(12(16)17-8(2)3)14-7-9(13)5-6-11(14)15/h5-8,10H,4H2,1-3H3. The summed E-state index contributed by atoms with van der Waals surface area (Å²) in [6, 6.07) is 2.22. The number of pyridine rings is 1. The molecule has 0 saturated carbocycles.